The highest BCUT2D eigenvalue weighted by Gasteiger charge is 1.99. The summed E-state index contributed by atoms with van der Waals surface area (Å²) < 4.78 is 0. The number of anilines is 2. The van der Waals surface area contributed by atoms with Crippen LogP contribution < -0.4 is 5.32 Å². The molecule has 1 heteroatoms. The van der Waals surface area contributed by atoms with E-state index in [1.54, 1.807) is 6.08 Å². The average molecular weight is 323 g/mol. The molecule has 3 aromatic carbocycles. The molecule has 0 radical (unpaired) electrons. The van der Waals surface area contributed by atoms with E-state index < -0.39 is 0 Å². The Hall–Kier alpha value is -3.32. The molecule has 25 heavy (non-hydrogen) atoms. The van der Waals surface area contributed by atoms with Crippen LogP contribution in [-0.2, 0) is 0 Å². The Kier molecular flexibility index (Phi) is 5.28. The third kappa shape index (κ3) is 4.36. The summed E-state index contributed by atoms with van der Waals surface area (Å²) in [5, 5.41) is 3.43. The third-order valence-corrected chi connectivity index (χ3v) is 3.97. The van der Waals surface area contributed by atoms with E-state index in [9.17, 15) is 0 Å². The maximum atomic E-state index is 4.06. The Bertz CT molecular complexity index is 870. The van der Waals surface area contributed by atoms with Gasteiger partial charge in [-0.25, -0.2) is 0 Å². The number of allylic oxidation sites excluding steroid dienone is 4. The summed E-state index contributed by atoms with van der Waals surface area (Å²) in [4.78, 5) is 0. The van der Waals surface area contributed by atoms with Crippen LogP contribution in [0.25, 0.3) is 16.7 Å². The van der Waals surface area contributed by atoms with Gasteiger partial charge in [-0.15, -0.1) is 0 Å². The molecule has 0 fully saturated rings. The third-order valence-electron chi connectivity index (χ3n) is 3.97. The lowest BCUT2D eigenvalue weighted by Crippen LogP contribution is -1.90. The maximum absolute atomic E-state index is 4.06. The standard InChI is InChI=1S/C24H21N/c1-3-4-8-19(2)20-11-15-23(16-12-20)25-24-17-13-22(14-18-24)21-9-6-5-7-10-21/h3-18,25H,1-2H2/b8-4-. The molecule has 0 amide bonds. The van der Waals surface area contributed by atoms with Gasteiger partial charge in [-0.2, -0.15) is 0 Å². The van der Waals surface area contributed by atoms with Crippen LogP contribution in [0.2, 0.25) is 0 Å². The van der Waals surface area contributed by atoms with Crippen LogP contribution in [0.4, 0.5) is 11.4 Å². The van der Waals surface area contributed by atoms with Crippen molar-refractivity contribution in [2.24, 2.45) is 0 Å². The van der Waals surface area contributed by atoms with Gasteiger partial charge in [-0.1, -0.05) is 86.0 Å². The van der Waals surface area contributed by atoms with Crippen LogP contribution in [0, 0.1) is 0 Å². The largest absolute Gasteiger partial charge is 0.356 e. The fraction of sp³-hybridized carbons (Fsp3) is 0. The minimum atomic E-state index is 0.971. The number of rotatable bonds is 6. The van der Waals surface area contributed by atoms with Gasteiger partial charge in [0.05, 0.1) is 0 Å². The van der Waals surface area contributed by atoms with Crippen molar-refractivity contribution in [1.29, 1.82) is 0 Å². The summed E-state index contributed by atoms with van der Waals surface area (Å²) in [6, 6.07) is 27.1. The van der Waals surface area contributed by atoms with Gasteiger partial charge in [-0.3, -0.25) is 0 Å². The zero-order valence-corrected chi connectivity index (χ0v) is 14.2. The lowest BCUT2D eigenvalue weighted by Gasteiger charge is -2.09. The predicted octanol–water partition coefficient (Wildman–Crippen LogP) is 6.85. The Morgan fingerprint density at radius 2 is 1.28 bits per heavy atom. The second-order valence-corrected chi connectivity index (χ2v) is 5.77. The summed E-state index contributed by atoms with van der Waals surface area (Å²) in [6.45, 7) is 7.73. The zero-order chi connectivity index (χ0) is 17.5. The Balaban J connectivity index is 1.69. The van der Waals surface area contributed by atoms with E-state index in [1.165, 1.54) is 11.1 Å². The van der Waals surface area contributed by atoms with Gasteiger partial charge in [0.15, 0.2) is 0 Å². The SMILES string of the molecule is C=C/C=C\C(=C)c1ccc(Nc2ccc(-c3ccccc3)cc2)cc1. The first-order valence-electron chi connectivity index (χ1n) is 8.27. The first kappa shape index (κ1) is 16.5. The zero-order valence-electron chi connectivity index (χ0n) is 14.2. The molecule has 122 valence electrons. The molecule has 0 spiro atoms. The van der Waals surface area contributed by atoms with Crippen LogP contribution >= 0.6 is 0 Å². The molecule has 0 atom stereocenters. The van der Waals surface area contributed by atoms with Gasteiger partial charge in [0, 0.05) is 11.4 Å². The molecule has 0 aromatic heterocycles. The van der Waals surface area contributed by atoms with Crippen LogP contribution in [-0.4, -0.2) is 0 Å². The predicted molar refractivity (Wildman–Crippen MR) is 110 cm³/mol. The minimum Gasteiger partial charge on any atom is -0.356 e. The summed E-state index contributed by atoms with van der Waals surface area (Å²) in [5.41, 5.74) is 6.63. The number of hydrogen-bond donors (Lipinski definition) is 1. The molecular formula is C24H21N. The van der Waals surface area contributed by atoms with Crippen molar-refractivity contribution < 1.29 is 0 Å². The fourth-order valence-corrected chi connectivity index (χ4v) is 2.59. The molecule has 0 aliphatic rings. The maximum Gasteiger partial charge on any atom is 0.0384 e. The summed E-state index contributed by atoms with van der Waals surface area (Å²) in [5.74, 6) is 0. The van der Waals surface area contributed by atoms with E-state index in [0.29, 0.717) is 0 Å². The molecule has 0 aliphatic carbocycles. The lowest BCUT2D eigenvalue weighted by molar-refractivity contribution is 1.53. The van der Waals surface area contributed by atoms with Gasteiger partial charge in [-0.05, 0) is 46.5 Å². The molecule has 3 rings (SSSR count). The first-order chi connectivity index (χ1) is 12.3. The van der Waals surface area contributed by atoms with Crippen molar-refractivity contribution >= 4 is 16.9 Å². The smallest absolute Gasteiger partial charge is 0.0384 e. The van der Waals surface area contributed by atoms with Crippen LogP contribution in [0.1, 0.15) is 5.56 Å². The second kappa shape index (κ2) is 7.98. The molecule has 0 unspecified atom stereocenters. The molecule has 0 heterocycles. The number of hydrogen-bond acceptors (Lipinski definition) is 1. The number of benzene rings is 3. The van der Waals surface area contributed by atoms with Crippen molar-refractivity contribution in [1.82, 2.24) is 0 Å². The van der Waals surface area contributed by atoms with Crippen LogP contribution in [0.3, 0.4) is 0 Å². The monoisotopic (exact) mass is 323 g/mol. The van der Waals surface area contributed by atoms with Crippen LogP contribution in [0.15, 0.2) is 110 Å². The molecule has 0 aliphatic heterocycles. The van der Waals surface area contributed by atoms with Gasteiger partial charge in [0.2, 0.25) is 0 Å². The second-order valence-electron chi connectivity index (χ2n) is 5.77. The van der Waals surface area contributed by atoms with Gasteiger partial charge < -0.3 is 5.32 Å². The van der Waals surface area contributed by atoms with Crippen molar-refractivity contribution in [2.45, 2.75) is 0 Å². The molecule has 1 nitrogen and oxygen atoms in total. The van der Waals surface area contributed by atoms with Crippen molar-refractivity contribution in [3.05, 3.63) is 116 Å². The number of nitrogens with one attached hydrogen (secondary N) is 1. The quantitative estimate of drug-likeness (QED) is 0.489. The van der Waals surface area contributed by atoms with E-state index in [-0.39, 0.29) is 0 Å². The Morgan fingerprint density at radius 1 is 0.720 bits per heavy atom. The van der Waals surface area contributed by atoms with Crippen molar-refractivity contribution in [3.63, 3.8) is 0 Å². The normalized spacial score (nSPS) is 10.6. The van der Waals surface area contributed by atoms with Crippen molar-refractivity contribution in [3.8, 4) is 11.1 Å². The highest BCUT2D eigenvalue weighted by molar-refractivity contribution is 5.74. The molecule has 1 N–H and O–H groups in total. The van der Waals surface area contributed by atoms with E-state index >= 15 is 0 Å². The van der Waals surface area contributed by atoms with E-state index in [1.807, 2.05) is 18.2 Å². The lowest BCUT2D eigenvalue weighted by atomic mass is 10.1. The molecule has 3 aromatic rings. The first-order valence-corrected chi connectivity index (χ1v) is 8.27. The fourth-order valence-electron chi connectivity index (χ4n) is 2.59. The van der Waals surface area contributed by atoms with Crippen LogP contribution in [0.5, 0.6) is 0 Å². The molecule has 0 saturated heterocycles. The minimum absolute atomic E-state index is 0.971. The highest BCUT2D eigenvalue weighted by atomic mass is 14.9. The molecule has 0 saturated carbocycles. The van der Waals surface area contributed by atoms with Gasteiger partial charge >= 0.3 is 0 Å². The van der Waals surface area contributed by atoms with Gasteiger partial charge in [0.25, 0.3) is 0 Å². The summed E-state index contributed by atoms with van der Waals surface area (Å²) in [6.07, 6.45) is 5.60. The summed E-state index contributed by atoms with van der Waals surface area (Å²) >= 11 is 0. The topological polar surface area (TPSA) is 12.0 Å². The summed E-state index contributed by atoms with van der Waals surface area (Å²) in [7, 11) is 0. The van der Waals surface area contributed by atoms with E-state index in [4.69, 9.17) is 0 Å². The average Bonchev–Trinajstić information content (AvgIpc) is 2.68. The van der Waals surface area contributed by atoms with Crippen molar-refractivity contribution in [2.75, 3.05) is 5.32 Å². The molecule has 0 bridgehead atoms. The van der Waals surface area contributed by atoms with E-state index in [0.717, 1.165) is 22.5 Å². The van der Waals surface area contributed by atoms with E-state index in [2.05, 4.69) is 91.3 Å². The van der Waals surface area contributed by atoms with Gasteiger partial charge in [0.1, 0.15) is 0 Å². The highest BCUT2D eigenvalue weighted by Crippen LogP contribution is 2.24. The Labute approximate surface area is 149 Å². The Morgan fingerprint density at radius 3 is 1.88 bits per heavy atom. The molecular weight excluding hydrogens is 302 g/mol.